The van der Waals surface area contributed by atoms with E-state index in [1.165, 1.54) is 11.3 Å². The summed E-state index contributed by atoms with van der Waals surface area (Å²) in [6.07, 6.45) is 0.933. The Morgan fingerprint density at radius 3 is 2.41 bits per heavy atom. The summed E-state index contributed by atoms with van der Waals surface area (Å²) in [5.74, 6) is 0.112. The summed E-state index contributed by atoms with van der Waals surface area (Å²) in [5, 5.41) is 0. The second kappa shape index (κ2) is 5.84. The zero-order chi connectivity index (χ0) is 15.7. The smallest absolute Gasteiger partial charge is 0.224 e. The summed E-state index contributed by atoms with van der Waals surface area (Å²) in [6.45, 7) is 3.78. The predicted octanol–water partition coefficient (Wildman–Crippen LogP) is 4.01. The van der Waals surface area contributed by atoms with Gasteiger partial charge in [-0.25, -0.2) is 0 Å². The SMILES string of the molecule is CC(=O)N1c2ccccc2C(N(C)c2ccccc2)CC1C. The monoisotopic (exact) mass is 294 g/mol. The van der Waals surface area contributed by atoms with Crippen LogP contribution in [0.15, 0.2) is 54.6 Å². The van der Waals surface area contributed by atoms with Gasteiger partial charge in [0.25, 0.3) is 0 Å². The van der Waals surface area contributed by atoms with Crippen molar-refractivity contribution in [2.45, 2.75) is 32.4 Å². The molecule has 3 heteroatoms. The van der Waals surface area contributed by atoms with Gasteiger partial charge in [0, 0.05) is 31.4 Å². The van der Waals surface area contributed by atoms with Gasteiger partial charge in [-0.1, -0.05) is 36.4 Å². The normalized spacial score (nSPS) is 20.4. The minimum Gasteiger partial charge on any atom is -0.367 e. The lowest BCUT2D eigenvalue weighted by Crippen LogP contribution is -2.45. The Bertz CT molecular complexity index is 668. The highest BCUT2D eigenvalue weighted by Gasteiger charge is 2.34. The fraction of sp³-hybridized carbons (Fsp3) is 0.316. The van der Waals surface area contributed by atoms with Crippen molar-refractivity contribution < 1.29 is 4.79 Å². The zero-order valence-corrected chi connectivity index (χ0v) is 13.4. The quantitative estimate of drug-likeness (QED) is 0.835. The van der Waals surface area contributed by atoms with Crippen molar-refractivity contribution in [3.63, 3.8) is 0 Å². The first-order valence-corrected chi connectivity index (χ1v) is 7.76. The maximum Gasteiger partial charge on any atom is 0.224 e. The molecule has 2 aromatic rings. The van der Waals surface area contributed by atoms with E-state index in [-0.39, 0.29) is 18.0 Å². The lowest BCUT2D eigenvalue weighted by atomic mass is 9.90. The third-order valence-electron chi connectivity index (χ3n) is 4.53. The van der Waals surface area contributed by atoms with Gasteiger partial charge in [0.15, 0.2) is 0 Å². The van der Waals surface area contributed by atoms with Crippen molar-refractivity contribution in [2.75, 3.05) is 16.8 Å². The lowest BCUT2D eigenvalue weighted by Gasteiger charge is -2.42. The van der Waals surface area contributed by atoms with Crippen molar-refractivity contribution in [1.82, 2.24) is 0 Å². The van der Waals surface area contributed by atoms with Crippen LogP contribution in [0, 0.1) is 0 Å². The van der Waals surface area contributed by atoms with Gasteiger partial charge in [-0.05, 0) is 37.1 Å². The molecule has 1 amide bonds. The Balaban J connectivity index is 2.03. The number of hydrogen-bond donors (Lipinski definition) is 0. The Morgan fingerprint density at radius 2 is 1.73 bits per heavy atom. The van der Waals surface area contributed by atoms with Crippen molar-refractivity contribution in [1.29, 1.82) is 0 Å². The molecular weight excluding hydrogens is 272 g/mol. The molecule has 1 aliphatic heterocycles. The number of anilines is 2. The number of benzene rings is 2. The number of nitrogens with zero attached hydrogens (tertiary/aromatic N) is 2. The average Bonchev–Trinajstić information content (AvgIpc) is 2.53. The van der Waals surface area contributed by atoms with E-state index in [9.17, 15) is 4.79 Å². The maximum atomic E-state index is 12.0. The van der Waals surface area contributed by atoms with E-state index >= 15 is 0 Å². The predicted molar refractivity (Wildman–Crippen MR) is 91.3 cm³/mol. The van der Waals surface area contributed by atoms with Gasteiger partial charge in [-0.2, -0.15) is 0 Å². The molecule has 0 saturated heterocycles. The van der Waals surface area contributed by atoms with Crippen molar-refractivity contribution >= 4 is 17.3 Å². The number of rotatable bonds is 2. The molecule has 0 spiro atoms. The molecule has 0 saturated carbocycles. The van der Waals surface area contributed by atoms with Crippen LogP contribution in [0.3, 0.4) is 0 Å². The van der Waals surface area contributed by atoms with Gasteiger partial charge in [0.2, 0.25) is 5.91 Å². The molecule has 114 valence electrons. The standard InChI is InChI=1S/C19H22N2O/c1-14-13-19(20(3)16-9-5-4-6-10-16)17-11-7-8-12-18(17)21(14)15(2)22/h4-12,14,19H,13H2,1-3H3. The van der Waals surface area contributed by atoms with E-state index in [1.54, 1.807) is 6.92 Å². The van der Waals surface area contributed by atoms with E-state index in [1.807, 2.05) is 17.0 Å². The van der Waals surface area contributed by atoms with Crippen LogP contribution in [-0.4, -0.2) is 19.0 Å². The first kappa shape index (κ1) is 14.6. The summed E-state index contributed by atoms with van der Waals surface area (Å²) in [7, 11) is 2.13. The fourth-order valence-electron chi connectivity index (χ4n) is 3.47. The zero-order valence-electron chi connectivity index (χ0n) is 13.4. The molecule has 0 aromatic heterocycles. The number of hydrogen-bond acceptors (Lipinski definition) is 2. The highest BCUT2D eigenvalue weighted by atomic mass is 16.2. The van der Waals surface area contributed by atoms with E-state index in [0.29, 0.717) is 0 Å². The molecule has 3 nitrogen and oxygen atoms in total. The highest BCUT2D eigenvalue weighted by Crippen LogP contribution is 2.41. The van der Waals surface area contributed by atoms with Crippen LogP contribution in [0.2, 0.25) is 0 Å². The third-order valence-corrected chi connectivity index (χ3v) is 4.53. The first-order valence-electron chi connectivity index (χ1n) is 7.76. The molecule has 0 bridgehead atoms. The van der Waals surface area contributed by atoms with E-state index < -0.39 is 0 Å². The van der Waals surface area contributed by atoms with Crippen LogP contribution in [0.1, 0.15) is 31.9 Å². The summed E-state index contributed by atoms with van der Waals surface area (Å²) in [6, 6.07) is 19.2. The van der Waals surface area contributed by atoms with Crippen molar-refractivity contribution in [3.05, 3.63) is 60.2 Å². The summed E-state index contributed by atoms with van der Waals surface area (Å²) in [4.78, 5) is 16.3. The topological polar surface area (TPSA) is 23.6 Å². The van der Waals surface area contributed by atoms with Gasteiger partial charge in [-0.15, -0.1) is 0 Å². The maximum absolute atomic E-state index is 12.0. The first-order chi connectivity index (χ1) is 10.6. The summed E-state index contributed by atoms with van der Waals surface area (Å²) in [5.41, 5.74) is 3.47. The molecule has 1 aliphatic rings. The van der Waals surface area contributed by atoms with E-state index in [0.717, 1.165) is 12.1 Å². The number of carbonyl (C=O) groups is 1. The van der Waals surface area contributed by atoms with Crippen LogP contribution in [-0.2, 0) is 4.79 Å². The van der Waals surface area contributed by atoms with E-state index in [2.05, 4.69) is 61.3 Å². The fourth-order valence-corrected chi connectivity index (χ4v) is 3.47. The molecule has 1 heterocycles. The summed E-state index contributed by atoms with van der Waals surface area (Å²) < 4.78 is 0. The molecule has 0 fully saturated rings. The number of amides is 1. The molecule has 22 heavy (non-hydrogen) atoms. The third kappa shape index (κ3) is 2.47. The van der Waals surface area contributed by atoms with Gasteiger partial charge in [0.05, 0.1) is 6.04 Å². The molecule has 3 rings (SSSR count). The number of para-hydroxylation sites is 2. The Kier molecular flexibility index (Phi) is 3.88. The second-order valence-electron chi connectivity index (χ2n) is 5.99. The molecule has 0 N–H and O–H groups in total. The molecule has 2 atom stereocenters. The van der Waals surface area contributed by atoms with E-state index in [4.69, 9.17) is 0 Å². The van der Waals surface area contributed by atoms with Gasteiger partial charge >= 0.3 is 0 Å². The molecule has 2 aromatic carbocycles. The van der Waals surface area contributed by atoms with Crippen LogP contribution in [0.5, 0.6) is 0 Å². The molecular formula is C19H22N2O. The minimum atomic E-state index is 0.112. The number of carbonyl (C=O) groups excluding carboxylic acids is 1. The summed E-state index contributed by atoms with van der Waals surface area (Å²) >= 11 is 0. The van der Waals surface area contributed by atoms with Crippen molar-refractivity contribution in [2.24, 2.45) is 0 Å². The van der Waals surface area contributed by atoms with Crippen LogP contribution < -0.4 is 9.80 Å². The van der Waals surface area contributed by atoms with Gasteiger partial charge < -0.3 is 9.80 Å². The van der Waals surface area contributed by atoms with Crippen LogP contribution in [0.25, 0.3) is 0 Å². The number of fused-ring (bicyclic) bond motifs is 1. The molecule has 2 unspecified atom stereocenters. The molecule has 0 radical (unpaired) electrons. The Hall–Kier alpha value is -2.29. The molecule has 0 aliphatic carbocycles. The van der Waals surface area contributed by atoms with Crippen molar-refractivity contribution in [3.8, 4) is 0 Å². The largest absolute Gasteiger partial charge is 0.367 e. The highest BCUT2D eigenvalue weighted by molar-refractivity contribution is 5.93. The Labute approximate surface area is 132 Å². The van der Waals surface area contributed by atoms with Gasteiger partial charge in [0.1, 0.15) is 0 Å². The van der Waals surface area contributed by atoms with Gasteiger partial charge in [-0.3, -0.25) is 4.79 Å². The van der Waals surface area contributed by atoms with Crippen LogP contribution >= 0.6 is 0 Å². The Morgan fingerprint density at radius 1 is 1.09 bits per heavy atom. The minimum absolute atomic E-state index is 0.112. The second-order valence-corrected chi connectivity index (χ2v) is 5.99. The van der Waals surface area contributed by atoms with Crippen LogP contribution in [0.4, 0.5) is 11.4 Å². The lowest BCUT2D eigenvalue weighted by molar-refractivity contribution is -0.117. The average molecular weight is 294 g/mol.